The van der Waals surface area contributed by atoms with Crippen molar-refractivity contribution in [2.75, 3.05) is 26.5 Å². The first-order valence-electron chi connectivity index (χ1n) is 6.62. The van der Waals surface area contributed by atoms with E-state index < -0.39 is 0 Å². The molecule has 0 atom stereocenters. The van der Waals surface area contributed by atoms with Crippen molar-refractivity contribution in [3.63, 3.8) is 0 Å². The topological polar surface area (TPSA) is 74.1 Å². The molecule has 22 heavy (non-hydrogen) atoms. The van der Waals surface area contributed by atoms with Gasteiger partial charge in [0, 0.05) is 30.4 Å². The highest BCUT2D eigenvalue weighted by molar-refractivity contribution is 9.10. The smallest absolute Gasteiger partial charge is 0.209 e. The Hall–Kier alpha value is -1.32. The SMILES string of the molecule is COc1cc(Br)c(CNCCSc2nnnn2C)cc1OC. The first-order chi connectivity index (χ1) is 10.7. The molecule has 0 saturated carbocycles. The van der Waals surface area contributed by atoms with Gasteiger partial charge in [0.1, 0.15) is 0 Å². The first kappa shape index (κ1) is 17.0. The molecule has 0 aliphatic heterocycles. The third kappa shape index (κ3) is 4.34. The van der Waals surface area contributed by atoms with E-state index >= 15 is 0 Å². The van der Waals surface area contributed by atoms with Crippen molar-refractivity contribution < 1.29 is 9.47 Å². The second kappa shape index (κ2) is 8.35. The molecule has 2 rings (SSSR count). The predicted molar refractivity (Wildman–Crippen MR) is 88.5 cm³/mol. The summed E-state index contributed by atoms with van der Waals surface area (Å²) < 4.78 is 13.2. The van der Waals surface area contributed by atoms with Crippen molar-refractivity contribution in [3.8, 4) is 11.5 Å². The molecule has 1 aromatic carbocycles. The summed E-state index contributed by atoms with van der Waals surface area (Å²) in [6.45, 7) is 1.58. The fourth-order valence-corrected chi connectivity index (χ4v) is 3.02. The lowest BCUT2D eigenvalue weighted by molar-refractivity contribution is 0.354. The molecule has 2 aromatic rings. The summed E-state index contributed by atoms with van der Waals surface area (Å²) in [5.74, 6) is 2.32. The fraction of sp³-hybridized carbons (Fsp3) is 0.462. The standard InChI is InChI=1S/C13H18BrN5O2S/c1-19-13(16-17-18-19)22-5-4-15-8-9-6-11(20-2)12(21-3)7-10(9)14/h6-7,15H,4-5,8H2,1-3H3. The van der Waals surface area contributed by atoms with Crippen LogP contribution in [-0.4, -0.2) is 46.7 Å². The van der Waals surface area contributed by atoms with Crippen LogP contribution in [0.15, 0.2) is 21.8 Å². The summed E-state index contributed by atoms with van der Waals surface area (Å²) in [4.78, 5) is 0. The minimum absolute atomic E-state index is 0.712. The van der Waals surface area contributed by atoms with Crippen LogP contribution in [0.1, 0.15) is 5.56 Å². The number of ether oxygens (including phenoxy) is 2. The number of aromatic nitrogens is 4. The van der Waals surface area contributed by atoms with Gasteiger partial charge in [-0.25, -0.2) is 4.68 Å². The third-order valence-electron chi connectivity index (χ3n) is 2.96. The van der Waals surface area contributed by atoms with Crippen LogP contribution in [0, 0.1) is 0 Å². The Morgan fingerprint density at radius 2 is 2.00 bits per heavy atom. The molecule has 0 fully saturated rings. The zero-order valence-electron chi connectivity index (χ0n) is 12.7. The molecule has 0 aliphatic carbocycles. The zero-order valence-corrected chi connectivity index (χ0v) is 15.1. The molecule has 1 aromatic heterocycles. The van der Waals surface area contributed by atoms with Gasteiger partial charge in [-0.2, -0.15) is 0 Å². The van der Waals surface area contributed by atoms with Gasteiger partial charge in [-0.3, -0.25) is 0 Å². The van der Waals surface area contributed by atoms with E-state index in [0.29, 0.717) is 5.75 Å². The van der Waals surface area contributed by atoms with Gasteiger partial charge < -0.3 is 14.8 Å². The van der Waals surface area contributed by atoms with Crippen molar-refractivity contribution >= 4 is 27.7 Å². The number of halogens is 1. The minimum Gasteiger partial charge on any atom is -0.493 e. The van der Waals surface area contributed by atoms with E-state index in [1.54, 1.807) is 30.7 Å². The number of benzene rings is 1. The van der Waals surface area contributed by atoms with Crippen LogP contribution in [0.2, 0.25) is 0 Å². The molecule has 9 heteroatoms. The minimum atomic E-state index is 0.712. The lowest BCUT2D eigenvalue weighted by Crippen LogP contribution is -2.17. The number of hydrogen-bond acceptors (Lipinski definition) is 7. The molecule has 7 nitrogen and oxygen atoms in total. The van der Waals surface area contributed by atoms with E-state index in [4.69, 9.17) is 9.47 Å². The zero-order chi connectivity index (χ0) is 15.9. The van der Waals surface area contributed by atoms with Crippen molar-refractivity contribution in [2.45, 2.75) is 11.7 Å². The second-order valence-electron chi connectivity index (χ2n) is 4.41. The maximum Gasteiger partial charge on any atom is 0.209 e. The average Bonchev–Trinajstić information content (AvgIpc) is 2.93. The van der Waals surface area contributed by atoms with E-state index in [0.717, 1.165) is 39.8 Å². The Morgan fingerprint density at radius 1 is 1.27 bits per heavy atom. The number of tetrazole rings is 1. The Bertz CT molecular complexity index is 622. The fourth-order valence-electron chi connectivity index (χ4n) is 1.81. The largest absolute Gasteiger partial charge is 0.493 e. The van der Waals surface area contributed by atoms with Gasteiger partial charge in [0.15, 0.2) is 11.5 Å². The van der Waals surface area contributed by atoms with Gasteiger partial charge in [0.2, 0.25) is 5.16 Å². The molecule has 0 unspecified atom stereocenters. The summed E-state index contributed by atoms with van der Waals surface area (Å²) in [5.41, 5.74) is 1.11. The number of hydrogen-bond donors (Lipinski definition) is 1. The van der Waals surface area contributed by atoms with Gasteiger partial charge in [0.25, 0.3) is 0 Å². The molecule has 1 N–H and O–H groups in total. The first-order valence-corrected chi connectivity index (χ1v) is 8.39. The maximum absolute atomic E-state index is 5.32. The van der Waals surface area contributed by atoms with Gasteiger partial charge in [0.05, 0.1) is 14.2 Å². The molecule has 0 radical (unpaired) electrons. The normalized spacial score (nSPS) is 10.7. The maximum atomic E-state index is 5.32. The number of methoxy groups -OCH3 is 2. The van der Waals surface area contributed by atoms with E-state index in [1.807, 2.05) is 19.2 Å². The highest BCUT2D eigenvalue weighted by Crippen LogP contribution is 2.33. The molecule has 120 valence electrons. The van der Waals surface area contributed by atoms with Gasteiger partial charge in [-0.15, -0.1) is 5.10 Å². The predicted octanol–water partition coefficient (Wildman–Crippen LogP) is 1.87. The van der Waals surface area contributed by atoms with Gasteiger partial charge in [-0.1, -0.05) is 27.7 Å². The van der Waals surface area contributed by atoms with Gasteiger partial charge in [-0.05, 0) is 28.1 Å². The van der Waals surface area contributed by atoms with Crippen LogP contribution < -0.4 is 14.8 Å². The monoisotopic (exact) mass is 387 g/mol. The summed E-state index contributed by atoms with van der Waals surface area (Å²) in [7, 11) is 5.09. The number of rotatable bonds is 8. The van der Waals surface area contributed by atoms with E-state index in [2.05, 4.69) is 36.8 Å². The number of nitrogens with one attached hydrogen (secondary N) is 1. The van der Waals surface area contributed by atoms with Crippen molar-refractivity contribution in [2.24, 2.45) is 7.05 Å². The molecule has 0 spiro atoms. The summed E-state index contributed by atoms with van der Waals surface area (Å²) in [6.07, 6.45) is 0. The molecular formula is C13H18BrN5O2S. The lowest BCUT2D eigenvalue weighted by Gasteiger charge is -2.12. The number of aryl methyl sites for hydroxylation is 1. The lowest BCUT2D eigenvalue weighted by atomic mass is 10.2. The molecule has 1 heterocycles. The van der Waals surface area contributed by atoms with Crippen molar-refractivity contribution in [1.82, 2.24) is 25.5 Å². The summed E-state index contributed by atoms with van der Waals surface area (Å²) >= 11 is 5.17. The Morgan fingerprint density at radius 3 is 2.64 bits per heavy atom. The van der Waals surface area contributed by atoms with E-state index in [9.17, 15) is 0 Å². The molecule has 0 saturated heterocycles. The molecule has 0 bridgehead atoms. The van der Waals surface area contributed by atoms with Crippen molar-refractivity contribution in [1.29, 1.82) is 0 Å². The average molecular weight is 388 g/mol. The number of nitrogens with zero attached hydrogens (tertiary/aromatic N) is 4. The van der Waals surface area contributed by atoms with Crippen LogP contribution >= 0.6 is 27.7 Å². The highest BCUT2D eigenvalue weighted by Gasteiger charge is 2.09. The Kier molecular flexibility index (Phi) is 6.47. The van der Waals surface area contributed by atoms with Crippen LogP contribution in [0.5, 0.6) is 11.5 Å². The van der Waals surface area contributed by atoms with E-state index in [-0.39, 0.29) is 0 Å². The highest BCUT2D eigenvalue weighted by atomic mass is 79.9. The summed E-state index contributed by atoms with van der Waals surface area (Å²) in [5, 5.41) is 15.5. The van der Waals surface area contributed by atoms with E-state index in [1.165, 1.54) is 0 Å². The number of thioether (sulfide) groups is 1. The Balaban J connectivity index is 1.83. The van der Waals surface area contributed by atoms with Crippen LogP contribution in [0.3, 0.4) is 0 Å². The molecular weight excluding hydrogens is 370 g/mol. The van der Waals surface area contributed by atoms with Crippen molar-refractivity contribution in [3.05, 3.63) is 22.2 Å². The quantitative estimate of drug-likeness (QED) is 0.547. The Labute approximate surface area is 141 Å². The van der Waals surface area contributed by atoms with Gasteiger partial charge >= 0.3 is 0 Å². The van der Waals surface area contributed by atoms with Crippen LogP contribution in [0.25, 0.3) is 0 Å². The van der Waals surface area contributed by atoms with Crippen LogP contribution in [0.4, 0.5) is 0 Å². The second-order valence-corrected chi connectivity index (χ2v) is 6.33. The molecule has 0 aliphatic rings. The van der Waals surface area contributed by atoms with Crippen LogP contribution in [-0.2, 0) is 13.6 Å². The third-order valence-corrected chi connectivity index (χ3v) is 4.71. The summed E-state index contributed by atoms with van der Waals surface area (Å²) in [6, 6.07) is 3.88. The molecule has 0 amide bonds.